The van der Waals surface area contributed by atoms with Gasteiger partial charge >= 0.3 is 0 Å². The Morgan fingerprint density at radius 2 is 1.86 bits per heavy atom. The molecule has 0 aliphatic carbocycles. The molecular weight excluding hydrogens is 519 g/mol. The summed E-state index contributed by atoms with van der Waals surface area (Å²) < 4.78 is 1.95. The van der Waals surface area contributed by atoms with Crippen LogP contribution in [0.25, 0.3) is 5.69 Å². The number of benzene rings is 2. The maximum Gasteiger partial charge on any atom is 0.191 e. The minimum Gasteiger partial charge on any atom is -0.357 e. The Morgan fingerprint density at radius 1 is 1.10 bits per heavy atom. The molecule has 0 fully saturated rings. The molecule has 1 heterocycles. The zero-order valence-corrected chi connectivity index (χ0v) is 20.0. The van der Waals surface area contributed by atoms with E-state index in [-0.39, 0.29) is 24.0 Å². The first-order valence-electron chi connectivity index (χ1n) is 9.11. The fourth-order valence-corrected chi connectivity index (χ4v) is 3.43. The van der Waals surface area contributed by atoms with E-state index >= 15 is 0 Å². The molecule has 0 aliphatic heterocycles. The first-order valence-corrected chi connectivity index (χ1v) is 10.5. The second-order valence-corrected chi connectivity index (χ2v) is 7.48. The highest BCUT2D eigenvalue weighted by Crippen LogP contribution is 2.19. The molecule has 0 bridgehead atoms. The lowest BCUT2D eigenvalue weighted by Gasteiger charge is -2.11. The number of nitrogens with zero attached hydrogens (tertiary/aromatic N) is 4. The highest BCUT2D eigenvalue weighted by molar-refractivity contribution is 14.0. The van der Waals surface area contributed by atoms with Crippen molar-refractivity contribution in [3.05, 3.63) is 71.8 Å². The monoisotopic (exact) mass is 542 g/mol. The second-order valence-electron chi connectivity index (χ2n) is 5.88. The van der Waals surface area contributed by atoms with Gasteiger partial charge < -0.3 is 10.6 Å². The van der Waals surface area contributed by atoms with Crippen molar-refractivity contribution in [1.82, 2.24) is 25.4 Å². The molecule has 0 spiro atoms. The van der Waals surface area contributed by atoms with Crippen molar-refractivity contribution in [3.8, 4) is 5.69 Å². The van der Waals surface area contributed by atoms with E-state index in [9.17, 15) is 0 Å². The molecule has 154 valence electrons. The minimum atomic E-state index is 0. The van der Waals surface area contributed by atoms with Crippen LogP contribution in [0.1, 0.15) is 12.7 Å². The van der Waals surface area contributed by atoms with E-state index in [0.717, 1.165) is 41.3 Å². The highest BCUT2D eigenvalue weighted by atomic mass is 127. The van der Waals surface area contributed by atoms with Crippen molar-refractivity contribution >= 4 is 53.3 Å². The van der Waals surface area contributed by atoms with Crippen LogP contribution in [0.3, 0.4) is 0 Å². The lowest BCUT2D eigenvalue weighted by atomic mass is 10.3. The van der Waals surface area contributed by atoms with Gasteiger partial charge in [-0.1, -0.05) is 29.8 Å². The van der Waals surface area contributed by atoms with Crippen LogP contribution < -0.4 is 10.6 Å². The van der Waals surface area contributed by atoms with Crippen molar-refractivity contribution in [2.24, 2.45) is 4.99 Å². The summed E-state index contributed by atoms with van der Waals surface area (Å²) in [5.74, 6) is 2.48. The SMILES string of the molecule is CCNC(=NCc1nncn1-c1ccccc1)NCCSc1ccc(Cl)cc1.I. The average Bonchev–Trinajstić information content (AvgIpc) is 3.20. The molecule has 0 saturated heterocycles. The lowest BCUT2D eigenvalue weighted by Crippen LogP contribution is -2.38. The Bertz CT molecular complexity index is 886. The summed E-state index contributed by atoms with van der Waals surface area (Å²) in [5.41, 5.74) is 1.02. The van der Waals surface area contributed by atoms with Gasteiger partial charge in [-0.15, -0.1) is 45.9 Å². The number of halogens is 2. The van der Waals surface area contributed by atoms with Crippen LogP contribution in [0.2, 0.25) is 5.02 Å². The van der Waals surface area contributed by atoms with Crippen molar-refractivity contribution < 1.29 is 0 Å². The molecule has 0 aliphatic rings. The summed E-state index contributed by atoms with van der Waals surface area (Å²) in [6.45, 7) is 4.08. The Hall–Kier alpha value is -1.78. The van der Waals surface area contributed by atoms with Gasteiger partial charge in [-0.05, 0) is 43.3 Å². The first-order chi connectivity index (χ1) is 13.8. The van der Waals surface area contributed by atoms with Gasteiger partial charge in [0.1, 0.15) is 12.9 Å². The van der Waals surface area contributed by atoms with Gasteiger partial charge in [0.25, 0.3) is 0 Å². The molecule has 0 saturated carbocycles. The second kappa shape index (κ2) is 12.7. The van der Waals surface area contributed by atoms with Gasteiger partial charge in [0, 0.05) is 34.4 Å². The molecule has 6 nitrogen and oxygen atoms in total. The molecule has 3 rings (SSSR count). The maximum atomic E-state index is 5.92. The molecule has 0 unspecified atom stereocenters. The molecule has 1 aromatic heterocycles. The van der Waals surface area contributed by atoms with Crippen LogP contribution >= 0.6 is 47.3 Å². The molecule has 2 N–H and O–H groups in total. The number of guanidine groups is 1. The third kappa shape index (κ3) is 7.52. The largest absolute Gasteiger partial charge is 0.357 e. The van der Waals surface area contributed by atoms with E-state index in [1.54, 1.807) is 18.1 Å². The predicted molar refractivity (Wildman–Crippen MR) is 132 cm³/mol. The molecule has 29 heavy (non-hydrogen) atoms. The molecule has 0 amide bonds. The Balaban J connectivity index is 0.00000300. The summed E-state index contributed by atoms with van der Waals surface area (Å²) in [6, 6.07) is 17.9. The third-order valence-corrected chi connectivity index (χ3v) is 5.12. The van der Waals surface area contributed by atoms with Crippen LogP contribution in [-0.4, -0.2) is 39.6 Å². The smallest absolute Gasteiger partial charge is 0.191 e. The van der Waals surface area contributed by atoms with Crippen LogP contribution in [-0.2, 0) is 6.54 Å². The Kier molecular flexibility index (Phi) is 10.3. The summed E-state index contributed by atoms with van der Waals surface area (Å²) >= 11 is 7.69. The van der Waals surface area contributed by atoms with Gasteiger partial charge in [-0.25, -0.2) is 4.99 Å². The lowest BCUT2D eigenvalue weighted by molar-refractivity contribution is 0.810. The van der Waals surface area contributed by atoms with Gasteiger partial charge in [0.2, 0.25) is 0 Å². The van der Waals surface area contributed by atoms with Crippen LogP contribution in [0.4, 0.5) is 0 Å². The van der Waals surface area contributed by atoms with E-state index in [1.807, 2.05) is 66.1 Å². The van der Waals surface area contributed by atoms with Crippen LogP contribution in [0.5, 0.6) is 0 Å². The molecule has 2 aromatic carbocycles. The summed E-state index contributed by atoms with van der Waals surface area (Å²) in [4.78, 5) is 5.84. The number of nitrogens with one attached hydrogen (secondary N) is 2. The number of para-hydroxylation sites is 1. The topological polar surface area (TPSA) is 67.1 Å². The zero-order chi connectivity index (χ0) is 19.6. The fourth-order valence-electron chi connectivity index (χ4n) is 2.53. The van der Waals surface area contributed by atoms with E-state index in [0.29, 0.717) is 6.54 Å². The van der Waals surface area contributed by atoms with Crippen LogP contribution in [0.15, 0.2) is 70.8 Å². The molecule has 9 heteroatoms. The third-order valence-electron chi connectivity index (χ3n) is 3.85. The van der Waals surface area contributed by atoms with Crippen molar-refractivity contribution in [2.75, 3.05) is 18.8 Å². The quantitative estimate of drug-likeness (QED) is 0.145. The highest BCUT2D eigenvalue weighted by Gasteiger charge is 2.06. The number of hydrogen-bond donors (Lipinski definition) is 2. The van der Waals surface area contributed by atoms with Gasteiger partial charge in [0.15, 0.2) is 11.8 Å². The normalized spacial score (nSPS) is 11.0. The van der Waals surface area contributed by atoms with Gasteiger partial charge in [-0.2, -0.15) is 0 Å². The van der Waals surface area contributed by atoms with E-state index < -0.39 is 0 Å². The fraction of sp³-hybridized carbons (Fsp3) is 0.250. The zero-order valence-electron chi connectivity index (χ0n) is 16.1. The standard InChI is InChI=1S/C20H23ClN6S.HI/c1-2-22-20(23-12-13-28-18-10-8-16(21)9-11-18)24-14-19-26-25-15-27(19)17-6-4-3-5-7-17;/h3-11,15H,2,12-14H2,1H3,(H2,22,23,24);1H. The average molecular weight is 543 g/mol. The summed E-state index contributed by atoms with van der Waals surface area (Å²) in [7, 11) is 0. The van der Waals surface area contributed by atoms with Gasteiger partial charge in [0.05, 0.1) is 0 Å². The van der Waals surface area contributed by atoms with Crippen molar-refractivity contribution in [3.63, 3.8) is 0 Å². The number of aromatic nitrogens is 3. The Morgan fingerprint density at radius 3 is 2.59 bits per heavy atom. The molecular formula is C20H24ClIN6S. The van der Waals surface area contributed by atoms with Crippen molar-refractivity contribution in [1.29, 1.82) is 0 Å². The Labute approximate surface area is 197 Å². The number of thioether (sulfide) groups is 1. The van der Waals surface area contributed by atoms with E-state index in [4.69, 9.17) is 11.6 Å². The maximum absolute atomic E-state index is 5.92. The molecule has 0 radical (unpaired) electrons. The minimum absolute atomic E-state index is 0. The summed E-state index contributed by atoms with van der Waals surface area (Å²) in [5, 5.41) is 15.6. The molecule has 3 aromatic rings. The van der Waals surface area contributed by atoms with Gasteiger partial charge in [-0.3, -0.25) is 4.57 Å². The van der Waals surface area contributed by atoms with E-state index in [1.165, 1.54) is 4.90 Å². The van der Waals surface area contributed by atoms with E-state index in [2.05, 4.69) is 25.8 Å². The van der Waals surface area contributed by atoms with Crippen LogP contribution in [0, 0.1) is 0 Å². The number of hydrogen-bond acceptors (Lipinski definition) is 4. The summed E-state index contributed by atoms with van der Waals surface area (Å²) in [6.07, 6.45) is 1.71. The van der Waals surface area contributed by atoms with Crippen molar-refractivity contribution in [2.45, 2.75) is 18.4 Å². The molecule has 0 atom stereocenters. The predicted octanol–water partition coefficient (Wildman–Crippen LogP) is 4.39. The number of aliphatic imine (C=N–C) groups is 1. The number of rotatable bonds is 8. The first kappa shape index (κ1) is 23.5.